The summed E-state index contributed by atoms with van der Waals surface area (Å²) in [5, 5.41) is 2.72. The molecule has 0 atom stereocenters. The smallest absolute Gasteiger partial charge is 0.250 e. The molecule has 1 aromatic heterocycles. The first kappa shape index (κ1) is 12.3. The van der Waals surface area contributed by atoms with E-state index in [0.29, 0.717) is 5.89 Å². The van der Waals surface area contributed by atoms with Crippen LogP contribution in [0.1, 0.15) is 5.89 Å². The highest BCUT2D eigenvalue weighted by Gasteiger charge is 2.04. The summed E-state index contributed by atoms with van der Waals surface area (Å²) in [6.45, 7) is 1.84. The first-order valence-corrected chi connectivity index (χ1v) is 5.50. The van der Waals surface area contributed by atoms with E-state index < -0.39 is 0 Å². The minimum absolute atomic E-state index is 0.0459. The summed E-state index contributed by atoms with van der Waals surface area (Å²) >= 11 is 0. The van der Waals surface area contributed by atoms with Crippen LogP contribution in [-0.4, -0.2) is 24.6 Å². The van der Waals surface area contributed by atoms with Crippen LogP contribution in [0.15, 0.2) is 34.9 Å². The first-order valence-electron chi connectivity index (χ1n) is 5.50. The van der Waals surface area contributed by atoms with Gasteiger partial charge in [0.15, 0.2) is 5.89 Å². The molecule has 0 saturated heterocycles. The molecule has 1 aromatic carbocycles. The minimum Gasteiger partial charge on any atom is -0.449 e. The van der Waals surface area contributed by atoms with Crippen LogP contribution in [0.25, 0.3) is 11.3 Å². The number of benzene rings is 1. The molecule has 5 heteroatoms. The Morgan fingerprint density at radius 2 is 2.11 bits per heavy atom. The van der Waals surface area contributed by atoms with Gasteiger partial charge in [0.2, 0.25) is 5.91 Å². The Morgan fingerprint density at radius 1 is 1.39 bits per heavy atom. The lowest BCUT2D eigenvalue weighted by Crippen LogP contribution is -2.16. The standard InChI is InChI=1S/C13H14N2O3/c1-9-14-12(7-18-9)10-3-5-11(6-4-10)15-13(16)8-17-2/h3-7H,8H2,1-2H3,(H,15,16). The minimum atomic E-state index is -0.178. The normalized spacial score (nSPS) is 10.3. The van der Waals surface area contributed by atoms with E-state index in [1.807, 2.05) is 24.3 Å². The van der Waals surface area contributed by atoms with E-state index in [-0.39, 0.29) is 12.5 Å². The second-order valence-electron chi connectivity index (χ2n) is 3.81. The second-order valence-corrected chi connectivity index (χ2v) is 3.81. The van der Waals surface area contributed by atoms with Crippen molar-refractivity contribution in [3.8, 4) is 11.3 Å². The van der Waals surface area contributed by atoms with E-state index >= 15 is 0 Å². The molecule has 1 N–H and O–H groups in total. The third-order valence-electron chi connectivity index (χ3n) is 2.36. The Labute approximate surface area is 105 Å². The van der Waals surface area contributed by atoms with Gasteiger partial charge in [0.05, 0.1) is 0 Å². The fraction of sp³-hybridized carbons (Fsp3) is 0.231. The van der Waals surface area contributed by atoms with Crippen molar-refractivity contribution in [2.24, 2.45) is 0 Å². The fourth-order valence-corrected chi connectivity index (χ4v) is 1.55. The number of nitrogens with one attached hydrogen (secondary N) is 1. The number of carbonyl (C=O) groups excluding carboxylic acids is 1. The van der Waals surface area contributed by atoms with Crippen LogP contribution in [0.5, 0.6) is 0 Å². The lowest BCUT2D eigenvalue weighted by Gasteiger charge is -2.04. The lowest BCUT2D eigenvalue weighted by atomic mass is 10.1. The van der Waals surface area contributed by atoms with Crippen molar-refractivity contribution in [1.82, 2.24) is 4.98 Å². The zero-order valence-electron chi connectivity index (χ0n) is 10.3. The number of hydrogen-bond donors (Lipinski definition) is 1. The van der Waals surface area contributed by atoms with Crippen molar-refractivity contribution in [2.75, 3.05) is 19.0 Å². The van der Waals surface area contributed by atoms with E-state index in [1.54, 1.807) is 13.2 Å². The summed E-state index contributed by atoms with van der Waals surface area (Å²) in [5.74, 6) is 0.449. The topological polar surface area (TPSA) is 64.4 Å². The average Bonchev–Trinajstić information content (AvgIpc) is 2.77. The number of aromatic nitrogens is 1. The Balaban J connectivity index is 2.08. The summed E-state index contributed by atoms with van der Waals surface area (Å²) in [4.78, 5) is 15.5. The number of oxazole rings is 1. The highest BCUT2D eigenvalue weighted by atomic mass is 16.5. The summed E-state index contributed by atoms with van der Waals surface area (Å²) in [6.07, 6.45) is 1.61. The largest absolute Gasteiger partial charge is 0.449 e. The van der Waals surface area contributed by atoms with Crippen LogP contribution in [0.4, 0.5) is 5.69 Å². The number of carbonyl (C=O) groups is 1. The van der Waals surface area contributed by atoms with Crippen molar-refractivity contribution < 1.29 is 13.9 Å². The van der Waals surface area contributed by atoms with Gasteiger partial charge in [-0.15, -0.1) is 0 Å². The van der Waals surface area contributed by atoms with Crippen LogP contribution in [-0.2, 0) is 9.53 Å². The van der Waals surface area contributed by atoms with Crippen LogP contribution in [0.3, 0.4) is 0 Å². The van der Waals surface area contributed by atoms with Crippen molar-refractivity contribution in [3.05, 3.63) is 36.4 Å². The highest BCUT2D eigenvalue weighted by Crippen LogP contribution is 2.20. The number of rotatable bonds is 4. The highest BCUT2D eigenvalue weighted by molar-refractivity contribution is 5.91. The Hall–Kier alpha value is -2.14. The quantitative estimate of drug-likeness (QED) is 0.898. The van der Waals surface area contributed by atoms with E-state index in [4.69, 9.17) is 9.15 Å². The molecule has 94 valence electrons. The van der Waals surface area contributed by atoms with Crippen LogP contribution in [0.2, 0.25) is 0 Å². The lowest BCUT2D eigenvalue weighted by molar-refractivity contribution is -0.119. The Morgan fingerprint density at radius 3 is 2.67 bits per heavy atom. The van der Waals surface area contributed by atoms with E-state index in [1.165, 1.54) is 7.11 Å². The van der Waals surface area contributed by atoms with Gasteiger partial charge >= 0.3 is 0 Å². The maximum atomic E-state index is 11.3. The molecule has 2 aromatic rings. The van der Waals surface area contributed by atoms with E-state index in [0.717, 1.165) is 16.9 Å². The molecule has 1 amide bonds. The van der Waals surface area contributed by atoms with Crippen molar-refractivity contribution in [1.29, 1.82) is 0 Å². The average molecular weight is 246 g/mol. The molecule has 0 aliphatic heterocycles. The zero-order valence-corrected chi connectivity index (χ0v) is 10.3. The molecule has 0 aliphatic carbocycles. The van der Waals surface area contributed by atoms with Gasteiger partial charge < -0.3 is 14.5 Å². The Kier molecular flexibility index (Phi) is 3.74. The second kappa shape index (κ2) is 5.46. The van der Waals surface area contributed by atoms with Crippen molar-refractivity contribution >= 4 is 11.6 Å². The summed E-state index contributed by atoms with van der Waals surface area (Å²) in [7, 11) is 1.48. The summed E-state index contributed by atoms with van der Waals surface area (Å²) in [6, 6.07) is 7.37. The predicted molar refractivity (Wildman–Crippen MR) is 67.2 cm³/mol. The molecule has 2 rings (SSSR count). The summed E-state index contributed by atoms with van der Waals surface area (Å²) in [5.41, 5.74) is 2.44. The molecule has 0 unspecified atom stereocenters. The third kappa shape index (κ3) is 2.95. The van der Waals surface area contributed by atoms with Crippen LogP contribution in [0, 0.1) is 6.92 Å². The molecule has 0 aliphatic rings. The monoisotopic (exact) mass is 246 g/mol. The first-order chi connectivity index (χ1) is 8.69. The molecule has 0 bridgehead atoms. The van der Waals surface area contributed by atoms with Gasteiger partial charge in [0.25, 0.3) is 0 Å². The van der Waals surface area contributed by atoms with Gasteiger partial charge in [0, 0.05) is 25.3 Å². The SMILES string of the molecule is COCC(=O)Nc1ccc(-c2coc(C)n2)cc1. The van der Waals surface area contributed by atoms with Crippen molar-refractivity contribution in [3.63, 3.8) is 0 Å². The zero-order chi connectivity index (χ0) is 13.0. The van der Waals surface area contributed by atoms with Crippen LogP contribution >= 0.6 is 0 Å². The number of aryl methyl sites for hydroxylation is 1. The summed E-state index contributed by atoms with van der Waals surface area (Å²) < 4.78 is 9.89. The molecule has 0 spiro atoms. The number of nitrogens with zero attached hydrogens (tertiary/aromatic N) is 1. The molecule has 0 fully saturated rings. The van der Waals surface area contributed by atoms with Crippen LogP contribution < -0.4 is 5.32 Å². The predicted octanol–water partition coefficient (Wildman–Crippen LogP) is 2.23. The maximum Gasteiger partial charge on any atom is 0.250 e. The molecule has 1 heterocycles. The van der Waals surface area contributed by atoms with Gasteiger partial charge in [-0.3, -0.25) is 4.79 Å². The molecule has 0 radical (unpaired) electrons. The van der Waals surface area contributed by atoms with E-state index in [9.17, 15) is 4.79 Å². The molecule has 18 heavy (non-hydrogen) atoms. The van der Waals surface area contributed by atoms with Gasteiger partial charge in [0.1, 0.15) is 18.6 Å². The maximum absolute atomic E-state index is 11.3. The number of ether oxygens (including phenoxy) is 1. The van der Waals surface area contributed by atoms with Gasteiger partial charge in [-0.1, -0.05) is 12.1 Å². The van der Waals surface area contributed by atoms with Gasteiger partial charge in [-0.2, -0.15) is 0 Å². The third-order valence-corrected chi connectivity index (χ3v) is 2.36. The molecule has 5 nitrogen and oxygen atoms in total. The van der Waals surface area contributed by atoms with E-state index in [2.05, 4.69) is 10.3 Å². The molecular weight excluding hydrogens is 232 g/mol. The number of amides is 1. The molecular formula is C13H14N2O3. The fourth-order valence-electron chi connectivity index (χ4n) is 1.55. The van der Waals surface area contributed by atoms with Gasteiger partial charge in [-0.05, 0) is 12.1 Å². The number of methoxy groups -OCH3 is 1. The Bertz CT molecular complexity index is 531. The number of anilines is 1. The van der Waals surface area contributed by atoms with Crippen molar-refractivity contribution in [2.45, 2.75) is 6.92 Å². The molecule has 0 saturated carbocycles. The van der Waals surface area contributed by atoms with Gasteiger partial charge in [-0.25, -0.2) is 4.98 Å². The number of hydrogen-bond acceptors (Lipinski definition) is 4.